The maximum Gasteiger partial charge on any atom is 0.243 e. The summed E-state index contributed by atoms with van der Waals surface area (Å²) < 4.78 is 0. The van der Waals surface area contributed by atoms with Crippen molar-refractivity contribution in [2.75, 3.05) is 0 Å². The number of hydrogen-bond donors (Lipinski definition) is 4. The number of carbonyl (C=O) groups excluding carboxylic acids is 4. The molecule has 0 aromatic heterocycles. The molecule has 0 radical (unpaired) electrons. The smallest absolute Gasteiger partial charge is 0.243 e. The third kappa shape index (κ3) is 5.34. The maximum atomic E-state index is 12.3. The number of hydrogen-bond acceptors (Lipinski definition) is 4. The molecule has 8 heteroatoms. The number of rotatable bonds is 3. The first-order valence-corrected chi connectivity index (χ1v) is 7.40. The van der Waals surface area contributed by atoms with Crippen LogP contribution < -0.4 is 21.7 Å². The molecule has 5 N–H and O–H groups in total. The third-order valence-electron chi connectivity index (χ3n) is 3.43. The van der Waals surface area contributed by atoms with Gasteiger partial charge in [0, 0.05) is 6.42 Å². The van der Waals surface area contributed by atoms with Crippen molar-refractivity contribution >= 4 is 23.6 Å². The number of nitrogens with one attached hydrogen (secondary N) is 3. The van der Waals surface area contributed by atoms with E-state index >= 15 is 0 Å². The SMILES string of the molecule is CC(C)CC1NC(=O)[C@H](C)NC(=O)CC[C@@H](C(N)=O)NC1=O. The summed E-state index contributed by atoms with van der Waals surface area (Å²) in [4.78, 5) is 47.5. The molecule has 0 spiro atoms. The fourth-order valence-corrected chi connectivity index (χ4v) is 2.21. The Morgan fingerprint density at radius 3 is 2.36 bits per heavy atom. The van der Waals surface area contributed by atoms with E-state index in [0.717, 1.165) is 0 Å². The van der Waals surface area contributed by atoms with E-state index in [0.29, 0.717) is 6.42 Å². The van der Waals surface area contributed by atoms with Crippen molar-refractivity contribution in [1.29, 1.82) is 0 Å². The molecule has 3 atom stereocenters. The molecule has 0 aliphatic carbocycles. The van der Waals surface area contributed by atoms with Crippen LogP contribution in [-0.4, -0.2) is 41.8 Å². The molecule has 22 heavy (non-hydrogen) atoms. The van der Waals surface area contributed by atoms with Gasteiger partial charge < -0.3 is 21.7 Å². The Morgan fingerprint density at radius 1 is 1.18 bits per heavy atom. The highest BCUT2D eigenvalue weighted by Gasteiger charge is 2.29. The number of primary amides is 1. The largest absolute Gasteiger partial charge is 0.368 e. The Labute approximate surface area is 129 Å². The van der Waals surface area contributed by atoms with E-state index in [9.17, 15) is 19.2 Å². The van der Waals surface area contributed by atoms with Crippen molar-refractivity contribution in [2.45, 2.75) is 58.2 Å². The van der Waals surface area contributed by atoms with Gasteiger partial charge in [0.15, 0.2) is 0 Å². The van der Waals surface area contributed by atoms with Crippen LogP contribution in [0.5, 0.6) is 0 Å². The molecule has 1 rings (SSSR count). The summed E-state index contributed by atoms with van der Waals surface area (Å²) >= 11 is 0. The molecule has 1 aliphatic rings. The van der Waals surface area contributed by atoms with E-state index in [1.165, 1.54) is 0 Å². The third-order valence-corrected chi connectivity index (χ3v) is 3.43. The number of carbonyl (C=O) groups is 4. The molecule has 0 bridgehead atoms. The number of nitrogens with two attached hydrogens (primary N) is 1. The first-order valence-electron chi connectivity index (χ1n) is 7.40. The Hall–Kier alpha value is -2.12. The Kier molecular flexibility index (Phi) is 6.33. The number of amides is 4. The van der Waals surface area contributed by atoms with Crippen LogP contribution in [0.1, 0.15) is 40.0 Å². The van der Waals surface area contributed by atoms with E-state index in [4.69, 9.17) is 5.73 Å². The summed E-state index contributed by atoms with van der Waals surface area (Å²) in [7, 11) is 0. The second kappa shape index (κ2) is 7.77. The van der Waals surface area contributed by atoms with Crippen LogP contribution in [0.4, 0.5) is 0 Å². The van der Waals surface area contributed by atoms with Gasteiger partial charge in [-0.25, -0.2) is 0 Å². The average Bonchev–Trinajstić information content (AvgIpc) is 2.41. The fourth-order valence-electron chi connectivity index (χ4n) is 2.21. The fraction of sp³-hybridized carbons (Fsp3) is 0.714. The lowest BCUT2D eigenvalue weighted by molar-refractivity contribution is -0.132. The summed E-state index contributed by atoms with van der Waals surface area (Å²) in [5.74, 6) is -1.81. The van der Waals surface area contributed by atoms with Gasteiger partial charge in [0.25, 0.3) is 0 Å². The Bertz CT molecular complexity index is 464. The van der Waals surface area contributed by atoms with Crippen LogP contribution in [0.15, 0.2) is 0 Å². The van der Waals surface area contributed by atoms with Gasteiger partial charge in [0.1, 0.15) is 18.1 Å². The molecule has 1 saturated heterocycles. The van der Waals surface area contributed by atoms with Crippen molar-refractivity contribution < 1.29 is 19.2 Å². The highest BCUT2D eigenvalue weighted by atomic mass is 16.2. The summed E-state index contributed by atoms with van der Waals surface area (Å²) in [5.41, 5.74) is 5.25. The van der Waals surface area contributed by atoms with Gasteiger partial charge in [-0.3, -0.25) is 19.2 Å². The van der Waals surface area contributed by atoms with Gasteiger partial charge in [-0.2, -0.15) is 0 Å². The standard InChI is InChI=1S/C14H24N4O4/c1-7(2)6-10-14(22)17-9(12(15)20)4-5-11(19)16-8(3)13(21)18-10/h7-10H,4-6H2,1-3H3,(H2,15,20)(H,16,19)(H,17,22)(H,18,21)/t8-,9-,10?/m0/s1. The van der Waals surface area contributed by atoms with Crippen molar-refractivity contribution in [3.63, 3.8) is 0 Å². The van der Waals surface area contributed by atoms with Gasteiger partial charge in [-0.1, -0.05) is 13.8 Å². The molecule has 1 heterocycles. The van der Waals surface area contributed by atoms with Gasteiger partial charge in [0.2, 0.25) is 23.6 Å². The summed E-state index contributed by atoms with van der Waals surface area (Å²) in [6, 6.07) is -2.45. The van der Waals surface area contributed by atoms with Crippen LogP contribution >= 0.6 is 0 Å². The van der Waals surface area contributed by atoms with Crippen molar-refractivity contribution in [3.8, 4) is 0 Å². The first kappa shape index (κ1) is 17.9. The highest BCUT2D eigenvalue weighted by molar-refractivity contribution is 5.94. The topological polar surface area (TPSA) is 130 Å². The van der Waals surface area contributed by atoms with E-state index in [1.807, 2.05) is 13.8 Å². The lowest BCUT2D eigenvalue weighted by Crippen LogP contribution is -2.55. The van der Waals surface area contributed by atoms with Crippen LogP contribution in [0, 0.1) is 5.92 Å². The van der Waals surface area contributed by atoms with E-state index in [2.05, 4.69) is 16.0 Å². The van der Waals surface area contributed by atoms with Crippen LogP contribution in [-0.2, 0) is 19.2 Å². The molecule has 8 nitrogen and oxygen atoms in total. The van der Waals surface area contributed by atoms with Crippen molar-refractivity contribution in [2.24, 2.45) is 11.7 Å². The van der Waals surface area contributed by atoms with E-state index in [-0.39, 0.29) is 24.7 Å². The monoisotopic (exact) mass is 312 g/mol. The van der Waals surface area contributed by atoms with E-state index in [1.54, 1.807) is 6.92 Å². The molecule has 1 unspecified atom stereocenters. The maximum absolute atomic E-state index is 12.3. The zero-order chi connectivity index (χ0) is 16.9. The predicted octanol–water partition coefficient (Wildman–Crippen LogP) is -1.21. The lowest BCUT2D eigenvalue weighted by atomic mass is 10.0. The Morgan fingerprint density at radius 2 is 1.82 bits per heavy atom. The predicted molar refractivity (Wildman–Crippen MR) is 79.3 cm³/mol. The van der Waals surface area contributed by atoms with Crippen LogP contribution in [0.3, 0.4) is 0 Å². The molecular formula is C14H24N4O4. The van der Waals surface area contributed by atoms with Crippen molar-refractivity contribution in [3.05, 3.63) is 0 Å². The molecule has 0 saturated carbocycles. The molecule has 4 amide bonds. The highest BCUT2D eigenvalue weighted by Crippen LogP contribution is 2.08. The molecule has 0 aromatic carbocycles. The summed E-state index contributed by atoms with van der Waals surface area (Å²) in [6.07, 6.45) is 0.520. The van der Waals surface area contributed by atoms with E-state index < -0.39 is 35.8 Å². The molecule has 1 aliphatic heterocycles. The molecule has 0 aromatic rings. The second-order valence-electron chi connectivity index (χ2n) is 5.98. The minimum absolute atomic E-state index is 0.000351. The minimum Gasteiger partial charge on any atom is -0.368 e. The van der Waals surface area contributed by atoms with Gasteiger partial charge in [-0.15, -0.1) is 0 Å². The van der Waals surface area contributed by atoms with Gasteiger partial charge in [-0.05, 0) is 25.7 Å². The van der Waals surface area contributed by atoms with Crippen LogP contribution in [0.2, 0.25) is 0 Å². The summed E-state index contributed by atoms with van der Waals surface area (Å²) in [5, 5.41) is 7.66. The molecule has 124 valence electrons. The quantitative estimate of drug-likeness (QED) is 0.520. The van der Waals surface area contributed by atoms with Gasteiger partial charge >= 0.3 is 0 Å². The lowest BCUT2D eigenvalue weighted by Gasteiger charge is -2.23. The zero-order valence-electron chi connectivity index (χ0n) is 13.1. The molecule has 1 fully saturated rings. The van der Waals surface area contributed by atoms with Gasteiger partial charge in [0.05, 0.1) is 0 Å². The minimum atomic E-state index is -0.932. The zero-order valence-corrected chi connectivity index (χ0v) is 13.1. The van der Waals surface area contributed by atoms with Crippen molar-refractivity contribution in [1.82, 2.24) is 16.0 Å². The average molecular weight is 312 g/mol. The normalized spacial score (nSPS) is 27.5. The van der Waals surface area contributed by atoms with Crippen LogP contribution in [0.25, 0.3) is 0 Å². The Balaban J connectivity index is 2.99. The summed E-state index contributed by atoms with van der Waals surface area (Å²) in [6.45, 7) is 5.38. The first-order chi connectivity index (χ1) is 10.2. The second-order valence-corrected chi connectivity index (χ2v) is 5.98. The molecular weight excluding hydrogens is 288 g/mol.